The summed E-state index contributed by atoms with van der Waals surface area (Å²) in [5.74, 6) is 0.168. The minimum atomic E-state index is -3.18. The Labute approximate surface area is 204 Å². The summed E-state index contributed by atoms with van der Waals surface area (Å²) in [6.07, 6.45) is 12.8. The van der Waals surface area contributed by atoms with Crippen molar-refractivity contribution in [2.75, 3.05) is 6.61 Å². The Morgan fingerprint density at radius 3 is 2.44 bits per heavy atom. The molecule has 2 unspecified atom stereocenters. The Kier molecular flexibility index (Phi) is 7.72. The fraction of sp³-hybridized carbons (Fsp3) is 0.963. The Balaban J connectivity index is 1.32. The van der Waals surface area contributed by atoms with Gasteiger partial charge >= 0.3 is 11.8 Å². The van der Waals surface area contributed by atoms with E-state index in [1.54, 1.807) is 0 Å². The zero-order chi connectivity index (χ0) is 24.7. The SMILES string of the molecule is C[C@H](CCCOC(=O)C(O)(OO)C(O)O)[C@H]1CC[C@H]2[C@@H]3CCC4CCCC[C@]4(C)[C@H]3CC[C@]12C. The van der Waals surface area contributed by atoms with Crippen LogP contribution in [0.3, 0.4) is 0 Å². The molecule has 0 heterocycles. The zero-order valence-corrected chi connectivity index (χ0v) is 21.2. The number of aliphatic hydroxyl groups is 3. The van der Waals surface area contributed by atoms with Crippen LogP contribution in [0.1, 0.15) is 97.8 Å². The van der Waals surface area contributed by atoms with Crippen molar-refractivity contribution in [1.82, 2.24) is 0 Å². The third-order valence-electron chi connectivity index (χ3n) is 11.2. The van der Waals surface area contributed by atoms with E-state index in [-0.39, 0.29) is 6.61 Å². The lowest BCUT2D eigenvalue weighted by Gasteiger charge is -2.61. The second-order valence-corrected chi connectivity index (χ2v) is 12.5. The molecule has 4 saturated carbocycles. The summed E-state index contributed by atoms with van der Waals surface area (Å²) >= 11 is 0. The van der Waals surface area contributed by atoms with Crippen molar-refractivity contribution in [3.05, 3.63) is 0 Å². The van der Waals surface area contributed by atoms with E-state index in [4.69, 9.17) is 20.2 Å². The van der Waals surface area contributed by atoms with Gasteiger partial charge in [-0.3, -0.25) is 0 Å². The predicted octanol–water partition coefficient (Wildman–Crippen LogP) is 4.48. The van der Waals surface area contributed by atoms with Crippen LogP contribution in [-0.2, 0) is 14.4 Å². The number of rotatable bonds is 8. The molecule has 7 nitrogen and oxygen atoms in total. The monoisotopic (exact) mass is 482 g/mol. The highest BCUT2D eigenvalue weighted by atomic mass is 17.1. The van der Waals surface area contributed by atoms with Crippen molar-refractivity contribution in [3.8, 4) is 0 Å². The van der Waals surface area contributed by atoms with Crippen LogP contribution in [0.15, 0.2) is 0 Å². The van der Waals surface area contributed by atoms with Crippen molar-refractivity contribution in [3.63, 3.8) is 0 Å². The largest absolute Gasteiger partial charge is 0.461 e. The molecule has 0 radical (unpaired) electrons. The topological polar surface area (TPSA) is 116 Å². The van der Waals surface area contributed by atoms with Crippen molar-refractivity contribution in [2.45, 2.75) is 110 Å². The van der Waals surface area contributed by atoms with Crippen LogP contribution in [0.2, 0.25) is 0 Å². The number of carbonyl (C=O) groups is 1. The minimum Gasteiger partial charge on any atom is -0.461 e. The molecule has 0 aromatic rings. The average molecular weight is 483 g/mol. The van der Waals surface area contributed by atoms with Gasteiger partial charge in [-0.05, 0) is 111 Å². The van der Waals surface area contributed by atoms with Gasteiger partial charge in [-0.1, -0.05) is 33.6 Å². The van der Waals surface area contributed by atoms with Gasteiger partial charge in [-0.2, -0.15) is 4.89 Å². The van der Waals surface area contributed by atoms with E-state index in [9.17, 15) is 9.90 Å². The fourth-order valence-electron chi connectivity index (χ4n) is 9.34. The number of hydrogen-bond acceptors (Lipinski definition) is 7. The molecule has 4 aliphatic carbocycles. The maximum Gasteiger partial charge on any atom is 0.375 e. The molecule has 9 atom stereocenters. The molecular weight excluding hydrogens is 436 g/mol. The molecule has 4 rings (SSSR count). The third kappa shape index (κ3) is 4.34. The summed E-state index contributed by atoms with van der Waals surface area (Å²) in [5.41, 5.74) is 0.958. The highest BCUT2D eigenvalue weighted by Gasteiger charge is 2.60. The van der Waals surface area contributed by atoms with Crippen LogP contribution in [-0.4, -0.2) is 45.2 Å². The molecule has 4 aliphatic rings. The highest BCUT2D eigenvalue weighted by molar-refractivity contribution is 5.77. The molecule has 0 spiro atoms. The van der Waals surface area contributed by atoms with Gasteiger partial charge in [0.1, 0.15) is 0 Å². The lowest BCUT2D eigenvalue weighted by atomic mass is 9.44. The van der Waals surface area contributed by atoms with Crippen molar-refractivity contribution >= 4 is 5.97 Å². The van der Waals surface area contributed by atoms with E-state index in [0.29, 0.717) is 29.1 Å². The molecule has 7 heteroatoms. The summed E-state index contributed by atoms with van der Waals surface area (Å²) in [4.78, 5) is 15.4. The van der Waals surface area contributed by atoms with E-state index in [1.807, 2.05) is 0 Å². The Morgan fingerprint density at radius 2 is 1.74 bits per heavy atom. The van der Waals surface area contributed by atoms with Crippen LogP contribution in [0, 0.1) is 46.3 Å². The standard InChI is InChI=1S/C27H46O7/c1-17(7-6-16-33-24(30)27(31,34-32)23(28)29)20-11-12-21-19-10-9-18-8-4-5-14-25(18,2)22(19)13-15-26(20,21)3/h17-23,28-29,31-32H,4-16H2,1-3H3/t17-,18?,19+,20-,21+,22+,25+,26-,27?/m1/s1. The summed E-state index contributed by atoms with van der Waals surface area (Å²) in [6, 6.07) is 0. The molecule has 196 valence electrons. The normalized spacial score (nSPS) is 42.3. The van der Waals surface area contributed by atoms with E-state index in [1.165, 1.54) is 64.2 Å². The summed E-state index contributed by atoms with van der Waals surface area (Å²) in [6.45, 7) is 7.53. The summed E-state index contributed by atoms with van der Waals surface area (Å²) in [7, 11) is 0. The predicted molar refractivity (Wildman–Crippen MR) is 126 cm³/mol. The molecule has 0 amide bonds. The second-order valence-electron chi connectivity index (χ2n) is 12.5. The first-order valence-corrected chi connectivity index (χ1v) is 13.7. The molecule has 0 aromatic carbocycles. The number of esters is 1. The van der Waals surface area contributed by atoms with Gasteiger partial charge in [0.25, 0.3) is 0 Å². The molecule has 4 fully saturated rings. The maximum absolute atomic E-state index is 11.9. The number of hydrogen-bond donors (Lipinski definition) is 4. The van der Waals surface area contributed by atoms with E-state index in [0.717, 1.165) is 30.1 Å². The van der Waals surface area contributed by atoms with Gasteiger partial charge in [0.15, 0.2) is 0 Å². The first kappa shape index (κ1) is 26.3. The summed E-state index contributed by atoms with van der Waals surface area (Å²) in [5, 5.41) is 36.4. The molecule has 0 aromatic heterocycles. The first-order chi connectivity index (χ1) is 16.1. The number of fused-ring (bicyclic) bond motifs is 5. The Bertz CT molecular complexity index is 728. The highest BCUT2D eigenvalue weighted by Crippen LogP contribution is 2.68. The van der Waals surface area contributed by atoms with E-state index >= 15 is 0 Å². The van der Waals surface area contributed by atoms with Gasteiger partial charge < -0.3 is 20.1 Å². The van der Waals surface area contributed by atoms with Crippen molar-refractivity contribution < 1.29 is 35.0 Å². The van der Waals surface area contributed by atoms with Crippen LogP contribution in [0.4, 0.5) is 0 Å². The van der Waals surface area contributed by atoms with Crippen molar-refractivity contribution in [1.29, 1.82) is 0 Å². The lowest BCUT2D eigenvalue weighted by molar-refractivity contribution is -0.423. The maximum atomic E-state index is 11.9. The third-order valence-corrected chi connectivity index (χ3v) is 11.2. The second kappa shape index (κ2) is 9.97. The molecule has 0 bridgehead atoms. The Morgan fingerprint density at radius 1 is 1.00 bits per heavy atom. The number of aliphatic hydroxyl groups excluding tert-OH is 1. The van der Waals surface area contributed by atoms with Crippen LogP contribution in [0.25, 0.3) is 0 Å². The minimum absolute atomic E-state index is 0.0267. The first-order valence-electron chi connectivity index (χ1n) is 13.7. The van der Waals surface area contributed by atoms with Gasteiger partial charge in [0, 0.05) is 0 Å². The van der Waals surface area contributed by atoms with Crippen LogP contribution in [0.5, 0.6) is 0 Å². The zero-order valence-electron chi connectivity index (χ0n) is 21.2. The van der Waals surface area contributed by atoms with E-state index in [2.05, 4.69) is 25.7 Å². The van der Waals surface area contributed by atoms with Gasteiger partial charge in [-0.15, -0.1) is 0 Å². The van der Waals surface area contributed by atoms with Gasteiger partial charge in [0.05, 0.1) is 6.61 Å². The molecule has 0 saturated heterocycles. The Hall–Kier alpha value is -0.730. The molecular formula is C27H46O7. The quantitative estimate of drug-likeness (QED) is 0.132. The van der Waals surface area contributed by atoms with Gasteiger partial charge in [0.2, 0.25) is 6.29 Å². The molecule has 0 aliphatic heterocycles. The smallest absolute Gasteiger partial charge is 0.375 e. The summed E-state index contributed by atoms with van der Waals surface area (Å²) < 4.78 is 4.94. The average Bonchev–Trinajstić information content (AvgIpc) is 3.17. The fourth-order valence-corrected chi connectivity index (χ4v) is 9.34. The van der Waals surface area contributed by atoms with Crippen molar-refractivity contribution in [2.24, 2.45) is 46.3 Å². The van der Waals surface area contributed by atoms with Crippen LogP contribution < -0.4 is 0 Å². The number of ether oxygens (including phenoxy) is 1. The van der Waals surface area contributed by atoms with Crippen LogP contribution >= 0.6 is 0 Å². The molecule has 4 N–H and O–H groups in total. The van der Waals surface area contributed by atoms with E-state index < -0.39 is 18.0 Å². The molecule has 34 heavy (non-hydrogen) atoms. The van der Waals surface area contributed by atoms with Gasteiger partial charge in [-0.25, -0.2) is 10.1 Å². The lowest BCUT2D eigenvalue weighted by Crippen LogP contribution is -2.53. The number of carbonyl (C=O) groups excluding carboxylic acids is 1.